The standard InChI is InChI=1S/C10H9F3N4O/c1-17-5-15-9(16-17)6-2-3-7(14)8(4-6)18-10(11,12)13/h2-5H,14H2,1H3. The number of hydrogen-bond donors (Lipinski definition) is 1. The molecule has 1 heterocycles. The van der Waals surface area contributed by atoms with Gasteiger partial charge in [-0.15, -0.1) is 13.2 Å². The summed E-state index contributed by atoms with van der Waals surface area (Å²) in [5.74, 6) is -0.169. The summed E-state index contributed by atoms with van der Waals surface area (Å²) in [7, 11) is 1.65. The van der Waals surface area contributed by atoms with Crippen LogP contribution in [-0.4, -0.2) is 21.1 Å². The number of aromatic nitrogens is 3. The van der Waals surface area contributed by atoms with Crippen molar-refractivity contribution in [1.82, 2.24) is 14.8 Å². The van der Waals surface area contributed by atoms with Gasteiger partial charge < -0.3 is 10.5 Å². The average molecular weight is 258 g/mol. The van der Waals surface area contributed by atoms with Crippen LogP contribution in [0.3, 0.4) is 0 Å². The van der Waals surface area contributed by atoms with Gasteiger partial charge in [0.15, 0.2) is 11.6 Å². The van der Waals surface area contributed by atoms with E-state index in [1.54, 1.807) is 7.05 Å². The fourth-order valence-corrected chi connectivity index (χ4v) is 1.36. The molecular formula is C10H9F3N4O. The molecule has 0 aliphatic heterocycles. The zero-order chi connectivity index (χ0) is 13.3. The first-order chi connectivity index (χ1) is 8.35. The molecule has 2 N–H and O–H groups in total. The molecule has 0 saturated heterocycles. The SMILES string of the molecule is Cn1cnc(-c2ccc(N)c(OC(F)(F)F)c2)n1. The topological polar surface area (TPSA) is 66.0 Å². The van der Waals surface area contributed by atoms with Crippen molar-refractivity contribution in [2.24, 2.45) is 7.05 Å². The first kappa shape index (κ1) is 12.2. The van der Waals surface area contributed by atoms with E-state index in [0.29, 0.717) is 11.4 Å². The van der Waals surface area contributed by atoms with Gasteiger partial charge in [0, 0.05) is 12.6 Å². The van der Waals surface area contributed by atoms with E-state index in [1.165, 1.54) is 23.1 Å². The predicted molar refractivity (Wildman–Crippen MR) is 57.5 cm³/mol. The first-order valence-corrected chi connectivity index (χ1v) is 4.86. The summed E-state index contributed by atoms with van der Waals surface area (Å²) in [5, 5.41) is 3.98. The van der Waals surface area contributed by atoms with Crippen LogP contribution in [-0.2, 0) is 7.05 Å². The van der Waals surface area contributed by atoms with E-state index in [1.807, 2.05) is 0 Å². The summed E-state index contributed by atoms with van der Waals surface area (Å²) in [6.07, 6.45) is -3.35. The fourth-order valence-electron chi connectivity index (χ4n) is 1.36. The van der Waals surface area contributed by atoms with Crippen LogP contribution in [0.2, 0.25) is 0 Å². The second-order valence-electron chi connectivity index (χ2n) is 3.54. The maximum Gasteiger partial charge on any atom is 0.573 e. The summed E-state index contributed by atoms with van der Waals surface area (Å²) in [6.45, 7) is 0. The number of nitrogens with zero attached hydrogens (tertiary/aromatic N) is 3. The Morgan fingerprint density at radius 3 is 2.61 bits per heavy atom. The molecule has 18 heavy (non-hydrogen) atoms. The molecular weight excluding hydrogens is 249 g/mol. The summed E-state index contributed by atoms with van der Waals surface area (Å²) in [5.41, 5.74) is 5.70. The maximum absolute atomic E-state index is 12.1. The first-order valence-electron chi connectivity index (χ1n) is 4.86. The number of halogens is 3. The maximum atomic E-state index is 12.1. The Kier molecular flexibility index (Phi) is 2.85. The van der Waals surface area contributed by atoms with Gasteiger partial charge in [0.25, 0.3) is 0 Å². The zero-order valence-electron chi connectivity index (χ0n) is 9.27. The van der Waals surface area contributed by atoms with E-state index in [-0.39, 0.29) is 5.69 Å². The quantitative estimate of drug-likeness (QED) is 0.836. The van der Waals surface area contributed by atoms with Gasteiger partial charge in [0.05, 0.1) is 5.69 Å². The van der Waals surface area contributed by atoms with Crippen LogP contribution >= 0.6 is 0 Å². The molecule has 8 heteroatoms. The number of nitrogens with two attached hydrogens (primary N) is 1. The second kappa shape index (κ2) is 4.21. The monoisotopic (exact) mass is 258 g/mol. The predicted octanol–water partition coefficient (Wildman–Crippen LogP) is 1.96. The highest BCUT2D eigenvalue weighted by Crippen LogP contribution is 2.31. The van der Waals surface area contributed by atoms with Crippen molar-refractivity contribution in [3.05, 3.63) is 24.5 Å². The van der Waals surface area contributed by atoms with E-state index < -0.39 is 12.1 Å². The zero-order valence-corrected chi connectivity index (χ0v) is 9.27. The minimum absolute atomic E-state index is 0.105. The normalized spacial score (nSPS) is 11.6. The molecule has 96 valence electrons. The van der Waals surface area contributed by atoms with Crippen LogP contribution < -0.4 is 10.5 Å². The summed E-state index contributed by atoms with van der Waals surface area (Å²) in [4.78, 5) is 3.93. The van der Waals surface area contributed by atoms with Crippen LogP contribution in [0.25, 0.3) is 11.4 Å². The summed E-state index contributed by atoms with van der Waals surface area (Å²) >= 11 is 0. The molecule has 1 aromatic heterocycles. The number of hydrogen-bond acceptors (Lipinski definition) is 4. The van der Waals surface area contributed by atoms with Crippen molar-refractivity contribution in [1.29, 1.82) is 0 Å². The Bertz CT molecular complexity index is 564. The molecule has 5 nitrogen and oxygen atoms in total. The number of benzene rings is 1. The van der Waals surface area contributed by atoms with Crippen LogP contribution in [0.1, 0.15) is 0 Å². The van der Waals surface area contributed by atoms with Gasteiger partial charge in [-0.1, -0.05) is 0 Å². The number of nitrogen functional groups attached to an aromatic ring is 1. The highest BCUT2D eigenvalue weighted by molar-refractivity contribution is 5.65. The van der Waals surface area contributed by atoms with Crippen LogP contribution in [0.15, 0.2) is 24.5 Å². The Labute approximate surface area is 100.0 Å². The lowest BCUT2D eigenvalue weighted by Crippen LogP contribution is -2.18. The summed E-state index contributed by atoms with van der Waals surface area (Å²) in [6, 6.07) is 3.98. The van der Waals surface area contributed by atoms with Gasteiger partial charge in [0.1, 0.15) is 6.33 Å². The lowest BCUT2D eigenvalue weighted by Gasteiger charge is -2.11. The molecule has 2 rings (SSSR count). The molecule has 0 amide bonds. The number of anilines is 1. The number of rotatable bonds is 2. The minimum Gasteiger partial charge on any atom is -0.404 e. The van der Waals surface area contributed by atoms with Crippen molar-refractivity contribution < 1.29 is 17.9 Å². The van der Waals surface area contributed by atoms with Crippen molar-refractivity contribution >= 4 is 5.69 Å². The highest BCUT2D eigenvalue weighted by Gasteiger charge is 2.32. The molecule has 2 aromatic rings. The van der Waals surface area contributed by atoms with Gasteiger partial charge in [-0.2, -0.15) is 5.10 Å². The fraction of sp³-hybridized carbons (Fsp3) is 0.200. The molecule has 0 aliphatic rings. The molecule has 0 bridgehead atoms. The van der Waals surface area contributed by atoms with Crippen molar-refractivity contribution in [3.8, 4) is 17.1 Å². The van der Waals surface area contributed by atoms with Gasteiger partial charge >= 0.3 is 6.36 Å². The van der Waals surface area contributed by atoms with Crippen molar-refractivity contribution in [2.75, 3.05) is 5.73 Å². The Morgan fingerprint density at radius 1 is 1.33 bits per heavy atom. The second-order valence-corrected chi connectivity index (χ2v) is 3.54. The van der Waals surface area contributed by atoms with E-state index >= 15 is 0 Å². The molecule has 0 fully saturated rings. The van der Waals surface area contributed by atoms with Crippen LogP contribution in [0, 0.1) is 0 Å². The molecule has 0 saturated carbocycles. The van der Waals surface area contributed by atoms with Gasteiger partial charge in [-0.05, 0) is 18.2 Å². The van der Waals surface area contributed by atoms with Crippen molar-refractivity contribution in [3.63, 3.8) is 0 Å². The molecule has 0 spiro atoms. The average Bonchev–Trinajstić information content (AvgIpc) is 2.66. The van der Waals surface area contributed by atoms with Crippen molar-refractivity contribution in [2.45, 2.75) is 6.36 Å². The third-order valence-electron chi connectivity index (χ3n) is 2.10. The third-order valence-corrected chi connectivity index (χ3v) is 2.10. The number of aryl methyl sites for hydroxylation is 1. The third kappa shape index (κ3) is 2.70. The molecule has 0 aliphatic carbocycles. The lowest BCUT2D eigenvalue weighted by atomic mass is 10.2. The molecule has 0 radical (unpaired) electrons. The highest BCUT2D eigenvalue weighted by atomic mass is 19.4. The largest absolute Gasteiger partial charge is 0.573 e. The number of alkyl halides is 3. The van der Waals surface area contributed by atoms with E-state index in [4.69, 9.17) is 5.73 Å². The smallest absolute Gasteiger partial charge is 0.404 e. The van der Waals surface area contributed by atoms with Crippen LogP contribution in [0.5, 0.6) is 5.75 Å². The molecule has 0 unspecified atom stereocenters. The van der Waals surface area contributed by atoms with Gasteiger partial charge in [-0.3, -0.25) is 4.68 Å². The Balaban J connectivity index is 2.37. The van der Waals surface area contributed by atoms with E-state index in [2.05, 4.69) is 14.8 Å². The molecule has 1 aromatic carbocycles. The van der Waals surface area contributed by atoms with Gasteiger partial charge in [0.2, 0.25) is 0 Å². The lowest BCUT2D eigenvalue weighted by molar-refractivity contribution is -0.274. The van der Waals surface area contributed by atoms with Gasteiger partial charge in [-0.25, -0.2) is 4.98 Å². The van der Waals surface area contributed by atoms with E-state index in [0.717, 1.165) is 6.07 Å². The van der Waals surface area contributed by atoms with E-state index in [9.17, 15) is 13.2 Å². The van der Waals surface area contributed by atoms with Crippen LogP contribution in [0.4, 0.5) is 18.9 Å². The minimum atomic E-state index is -4.79. The number of ether oxygens (including phenoxy) is 1. The Morgan fingerprint density at radius 2 is 2.06 bits per heavy atom. The summed E-state index contributed by atoms with van der Waals surface area (Å²) < 4.78 is 41.7. The Hall–Kier alpha value is -2.25. The molecule has 0 atom stereocenters.